The van der Waals surface area contributed by atoms with E-state index >= 15 is 0 Å². The zero-order chi connectivity index (χ0) is 21.6. The maximum absolute atomic E-state index is 11.8. The molecule has 29 heavy (non-hydrogen) atoms. The molecule has 0 saturated carbocycles. The quantitative estimate of drug-likeness (QED) is 0.230. The number of aromatic hydroxyl groups is 1. The molecular weight excluding hydrogens is 424 g/mol. The molecule has 0 heterocycles. The van der Waals surface area contributed by atoms with Crippen LogP contribution in [0.2, 0.25) is 0 Å². The lowest BCUT2D eigenvalue weighted by molar-refractivity contribution is 0.471. The van der Waals surface area contributed by atoms with Gasteiger partial charge >= 0.3 is 0 Å². The number of fused-ring (bicyclic) bond motifs is 1. The lowest BCUT2D eigenvalue weighted by Gasteiger charge is -2.08. The molecular formula is C16H14N4O7S2. The highest BCUT2D eigenvalue weighted by Crippen LogP contribution is 2.37. The van der Waals surface area contributed by atoms with Gasteiger partial charge in [0.05, 0.1) is 10.6 Å². The van der Waals surface area contributed by atoms with Crippen molar-refractivity contribution >= 4 is 53.8 Å². The van der Waals surface area contributed by atoms with Crippen molar-refractivity contribution in [3.63, 3.8) is 0 Å². The van der Waals surface area contributed by atoms with Crippen molar-refractivity contribution in [2.75, 3.05) is 11.5 Å². The number of phenols is 1. The number of benzene rings is 3. The number of anilines is 2. The van der Waals surface area contributed by atoms with Gasteiger partial charge in [-0.1, -0.05) is 0 Å². The summed E-state index contributed by atoms with van der Waals surface area (Å²) in [5.74, 6) is -0.569. The van der Waals surface area contributed by atoms with E-state index < -0.39 is 35.8 Å². The number of hydrogen-bond donors (Lipinski definition) is 5. The summed E-state index contributed by atoms with van der Waals surface area (Å²) in [6.45, 7) is 0. The fourth-order valence-electron chi connectivity index (χ4n) is 2.54. The van der Waals surface area contributed by atoms with E-state index in [-0.39, 0.29) is 27.8 Å². The van der Waals surface area contributed by atoms with Crippen LogP contribution in [0.5, 0.6) is 5.75 Å². The summed E-state index contributed by atoms with van der Waals surface area (Å²) in [6, 6.07) is 8.04. The lowest BCUT2D eigenvalue weighted by Crippen LogP contribution is -2.00. The smallest absolute Gasteiger partial charge is 0.296 e. The van der Waals surface area contributed by atoms with Gasteiger partial charge in [0, 0.05) is 17.1 Å². The summed E-state index contributed by atoms with van der Waals surface area (Å²) in [4.78, 5) is -1.36. The zero-order valence-corrected chi connectivity index (χ0v) is 16.0. The van der Waals surface area contributed by atoms with E-state index in [1.807, 2.05) is 0 Å². The normalized spacial score (nSPS) is 12.6. The second kappa shape index (κ2) is 6.97. The third kappa shape index (κ3) is 4.27. The van der Waals surface area contributed by atoms with Gasteiger partial charge in [-0.25, -0.2) is 0 Å². The van der Waals surface area contributed by atoms with E-state index in [2.05, 4.69) is 10.2 Å². The van der Waals surface area contributed by atoms with E-state index in [1.165, 1.54) is 18.2 Å². The maximum atomic E-state index is 11.8. The first-order valence-electron chi connectivity index (χ1n) is 7.69. The van der Waals surface area contributed by atoms with E-state index in [4.69, 9.17) is 16.0 Å². The monoisotopic (exact) mass is 438 g/mol. The Hall–Kier alpha value is -3.26. The molecule has 3 aromatic carbocycles. The van der Waals surface area contributed by atoms with Crippen molar-refractivity contribution in [2.24, 2.45) is 10.2 Å². The number of nitrogen functional groups attached to an aromatic ring is 2. The molecule has 11 nitrogen and oxygen atoms in total. The van der Waals surface area contributed by atoms with Crippen LogP contribution in [0.4, 0.5) is 22.7 Å². The second-order valence-electron chi connectivity index (χ2n) is 5.95. The molecule has 0 spiro atoms. The molecule has 3 aromatic rings. The Kier molecular flexibility index (Phi) is 4.92. The van der Waals surface area contributed by atoms with E-state index in [0.717, 1.165) is 24.3 Å². The summed E-state index contributed by atoms with van der Waals surface area (Å²) in [5.41, 5.74) is 11.7. The molecule has 0 amide bonds. The number of rotatable bonds is 4. The summed E-state index contributed by atoms with van der Waals surface area (Å²) in [7, 11) is -9.47. The molecule has 3 rings (SSSR count). The highest BCUT2D eigenvalue weighted by Gasteiger charge is 2.20. The topological polar surface area (TPSA) is 206 Å². The van der Waals surface area contributed by atoms with Gasteiger partial charge in [0.25, 0.3) is 20.2 Å². The standard InChI is InChI=1S/C16H14N4O7S2/c17-9-1-2-13(12(18)5-9)19-20-14-7-11-8(4-16(14)29(25,26)27)3-10(6-15(11)21)28(22,23)24/h1-7,21H,17-18H2,(H,22,23,24)(H,25,26,27). The lowest BCUT2D eigenvalue weighted by atomic mass is 10.1. The molecule has 0 unspecified atom stereocenters. The highest BCUT2D eigenvalue weighted by molar-refractivity contribution is 7.86. The van der Waals surface area contributed by atoms with Crippen LogP contribution in [0.15, 0.2) is 62.5 Å². The van der Waals surface area contributed by atoms with Crippen LogP contribution >= 0.6 is 0 Å². The van der Waals surface area contributed by atoms with Crippen molar-refractivity contribution < 1.29 is 31.0 Å². The minimum Gasteiger partial charge on any atom is -0.507 e. The fourth-order valence-corrected chi connectivity index (χ4v) is 3.71. The number of azo groups is 1. The zero-order valence-electron chi connectivity index (χ0n) is 14.4. The summed E-state index contributed by atoms with van der Waals surface area (Å²) >= 11 is 0. The van der Waals surface area contributed by atoms with E-state index in [0.29, 0.717) is 5.69 Å². The first-order chi connectivity index (χ1) is 13.4. The van der Waals surface area contributed by atoms with E-state index in [1.54, 1.807) is 0 Å². The third-order valence-corrected chi connectivity index (χ3v) is 5.59. The van der Waals surface area contributed by atoms with Crippen LogP contribution in [0.25, 0.3) is 10.8 Å². The van der Waals surface area contributed by atoms with Crippen molar-refractivity contribution in [3.8, 4) is 5.75 Å². The van der Waals surface area contributed by atoms with Gasteiger partial charge in [-0.2, -0.15) is 16.8 Å². The van der Waals surface area contributed by atoms with Crippen molar-refractivity contribution in [3.05, 3.63) is 42.5 Å². The Morgan fingerprint density at radius 1 is 0.793 bits per heavy atom. The molecule has 0 atom stereocenters. The number of hydrogen-bond acceptors (Lipinski definition) is 9. The van der Waals surface area contributed by atoms with Crippen LogP contribution in [-0.4, -0.2) is 31.0 Å². The predicted octanol–water partition coefficient (Wildman–Crippen LogP) is 2.62. The number of nitrogens with two attached hydrogens (primary N) is 2. The second-order valence-corrected chi connectivity index (χ2v) is 8.76. The number of phenolic OH excluding ortho intramolecular Hbond substituents is 1. The minimum atomic E-state index is -4.81. The van der Waals surface area contributed by atoms with Crippen molar-refractivity contribution in [1.29, 1.82) is 0 Å². The van der Waals surface area contributed by atoms with Gasteiger partial charge in [0.2, 0.25) is 0 Å². The van der Waals surface area contributed by atoms with Crippen molar-refractivity contribution in [2.45, 2.75) is 9.79 Å². The first kappa shape index (κ1) is 20.5. The third-order valence-electron chi connectivity index (χ3n) is 3.88. The Morgan fingerprint density at radius 3 is 2.03 bits per heavy atom. The summed E-state index contributed by atoms with van der Waals surface area (Å²) < 4.78 is 64.8. The van der Waals surface area contributed by atoms with Crippen LogP contribution in [-0.2, 0) is 20.2 Å². The van der Waals surface area contributed by atoms with Gasteiger partial charge in [-0.3, -0.25) is 9.11 Å². The van der Waals surface area contributed by atoms with Crippen LogP contribution in [0.3, 0.4) is 0 Å². The van der Waals surface area contributed by atoms with Crippen molar-refractivity contribution in [1.82, 2.24) is 0 Å². The van der Waals surface area contributed by atoms with Gasteiger partial charge in [0.15, 0.2) is 0 Å². The molecule has 0 aliphatic heterocycles. The van der Waals surface area contributed by atoms with Gasteiger partial charge in [-0.05, 0) is 41.8 Å². The maximum Gasteiger partial charge on any atom is 0.296 e. The Labute approximate surface area is 164 Å². The van der Waals surface area contributed by atoms with Gasteiger partial charge in [-0.15, -0.1) is 10.2 Å². The predicted molar refractivity (Wildman–Crippen MR) is 105 cm³/mol. The molecule has 13 heteroatoms. The fraction of sp³-hybridized carbons (Fsp3) is 0. The molecule has 0 radical (unpaired) electrons. The summed E-state index contributed by atoms with van der Waals surface area (Å²) in [5, 5.41) is 17.6. The van der Waals surface area contributed by atoms with Gasteiger partial charge < -0.3 is 16.6 Å². The molecule has 0 aromatic heterocycles. The molecule has 0 fully saturated rings. The molecule has 0 saturated heterocycles. The molecule has 0 aliphatic carbocycles. The highest BCUT2D eigenvalue weighted by atomic mass is 32.2. The van der Waals surface area contributed by atoms with Crippen LogP contribution in [0.1, 0.15) is 0 Å². The Bertz CT molecular complexity index is 1380. The van der Waals surface area contributed by atoms with Crippen LogP contribution in [0, 0.1) is 0 Å². The average Bonchev–Trinajstić information content (AvgIpc) is 2.59. The SMILES string of the molecule is Nc1ccc(N=Nc2cc3c(O)cc(S(=O)(=O)O)cc3cc2S(=O)(=O)O)c(N)c1. The largest absolute Gasteiger partial charge is 0.507 e. The molecule has 7 N–H and O–H groups in total. The summed E-state index contributed by atoms with van der Waals surface area (Å²) in [6.07, 6.45) is 0. The molecule has 152 valence electrons. The molecule has 0 bridgehead atoms. The average molecular weight is 438 g/mol. The Balaban J connectivity index is 2.25. The van der Waals surface area contributed by atoms with Gasteiger partial charge in [0.1, 0.15) is 22.0 Å². The van der Waals surface area contributed by atoms with Crippen LogP contribution < -0.4 is 11.5 Å². The number of nitrogens with zero attached hydrogens (tertiary/aromatic N) is 2. The Morgan fingerprint density at radius 2 is 1.45 bits per heavy atom. The first-order valence-corrected chi connectivity index (χ1v) is 10.6. The molecule has 0 aliphatic rings. The van der Waals surface area contributed by atoms with E-state index in [9.17, 15) is 26.5 Å². The minimum absolute atomic E-state index is 0.00373.